The van der Waals surface area contributed by atoms with Gasteiger partial charge >= 0.3 is 0 Å². The van der Waals surface area contributed by atoms with E-state index < -0.39 is 0 Å². The van der Waals surface area contributed by atoms with Gasteiger partial charge in [-0.05, 0) is 19.3 Å². The molecule has 29 valence electrons. The Labute approximate surface area is 34.2 Å². The highest BCUT2D eigenvalue weighted by Crippen LogP contribution is 1.96. The molecule has 0 aromatic heterocycles. The summed E-state index contributed by atoms with van der Waals surface area (Å²) < 4.78 is 0. The molecular formula is C5H9. The molecule has 0 unspecified atom stereocenters. The normalized spacial score (nSPS) is 9.60. The van der Waals surface area contributed by atoms with E-state index in [2.05, 4.69) is 0 Å². The van der Waals surface area contributed by atoms with E-state index in [0.717, 1.165) is 12.3 Å². The zero-order chi connectivity index (χ0) is 4.28. The van der Waals surface area contributed by atoms with Gasteiger partial charge in [-0.2, -0.15) is 0 Å². The van der Waals surface area contributed by atoms with Crippen molar-refractivity contribution in [3.05, 3.63) is 12.8 Å². The third-order valence-corrected chi connectivity index (χ3v) is 0.558. The predicted octanol–water partition coefficient (Wildman–Crippen LogP) is 1.70. The summed E-state index contributed by atoms with van der Waals surface area (Å²) in [6, 6.07) is 0. The highest BCUT2D eigenvalue weighted by molar-refractivity contribution is 4.83. The third-order valence-electron chi connectivity index (χ3n) is 0.558. The summed E-state index contributed by atoms with van der Waals surface area (Å²) >= 11 is 0. The van der Waals surface area contributed by atoms with Crippen molar-refractivity contribution in [2.24, 2.45) is 0 Å². The van der Waals surface area contributed by atoms with Gasteiger partial charge in [0, 0.05) is 0 Å². The standard InChI is InChI=1S/C5H9/c1-4-5(2)3/h2H,4H2,1,3H3. The maximum atomic E-state index is 5.21. The van der Waals surface area contributed by atoms with Crippen LogP contribution in [0.15, 0.2) is 0 Å². The minimum atomic E-state index is 1.00. The van der Waals surface area contributed by atoms with Gasteiger partial charge in [-0.25, -0.2) is 0 Å². The lowest BCUT2D eigenvalue weighted by atomic mass is 10.2. The average molecular weight is 69.1 g/mol. The summed E-state index contributed by atoms with van der Waals surface area (Å²) in [5.74, 6) is 1.00. The van der Waals surface area contributed by atoms with Gasteiger partial charge in [0.2, 0.25) is 0 Å². The van der Waals surface area contributed by atoms with Crippen LogP contribution in [0.2, 0.25) is 0 Å². The molecule has 0 rings (SSSR count). The van der Waals surface area contributed by atoms with Crippen LogP contribution in [-0.2, 0) is 0 Å². The largest absolute Gasteiger partial charge is 0.0648 e. The molecule has 0 nitrogen and oxygen atoms in total. The van der Waals surface area contributed by atoms with Gasteiger partial charge in [-0.3, -0.25) is 0 Å². The second kappa shape index (κ2) is 2.25. The Hall–Kier alpha value is 0. The molecule has 0 spiro atoms. The van der Waals surface area contributed by atoms with Crippen LogP contribution < -0.4 is 0 Å². The van der Waals surface area contributed by atoms with Crippen LogP contribution in [0.4, 0.5) is 0 Å². The van der Waals surface area contributed by atoms with Gasteiger partial charge in [-0.1, -0.05) is 13.8 Å². The molecule has 0 saturated heterocycles. The quantitative estimate of drug-likeness (QED) is 0.439. The van der Waals surface area contributed by atoms with Crippen LogP contribution in [0.5, 0.6) is 0 Å². The first-order chi connectivity index (χ1) is 2.27. The average Bonchev–Trinajstić information content (AvgIpc) is 1.38. The molecule has 0 heteroatoms. The van der Waals surface area contributed by atoms with Crippen molar-refractivity contribution in [1.29, 1.82) is 0 Å². The minimum Gasteiger partial charge on any atom is -0.0648 e. The van der Waals surface area contributed by atoms with E-state index in [1.807, 2.05) is 13.8 Å². The highest BCUT2D eigenvalue weighted by atomic mass is 13.9. The van der Waals surface area contributed by atoms with Crippen molar-refractivity contribution in [2.75, 3.05) is 0 Å². The Morgan fingerprint density at radius 2 is 2.00 bits per heavy atom. The first-order valence-corrected chi connectivity index (χ1v) is 1.85. The van der Waals surface area contributed by atoms with Gasteiger partial charge in [-0.15, -0.1) is 0 Å². The summed E-state index contributed by atoms with van der Waals surface area (Å²) in [5, 5.41) is 0. The van der Waals surface area contributed by atoms with E-state index >= 15 is 0 Å². The molecule has 0 aliphatic heterocycles. The molecule has 0 heterocycles. The van der Waals surface area contributed by atoms with Gasteiger partial charge in [0.05, 0.1) is 0 Å². The van der Waals surface area contributed by atoms with E-state index in [9.17, 15) is 0 Å². The number of hydrogen-bond donors (Lipinski definition) is 0. The summed E-state index contributed by atoms with van der Waals surface area (Å²) in [6.45, 7) is 9.16. The Balaban J connectivity index is 2.54. The molecule has 0 N–H and O–H groups in total. The number of hydrogen-bond acceptors (Lipinski definition) is 0. The first kappa shape index (κ1) is 5.00. The fourth-order valence-corrected chi connectivity index (χ4v) is 0. The molecular weight excluding hydrogens is 60.1 g/mol. The lowest BCUT2D eigenvalue weighted by molar-refractivity contribution is 0.984. The smallest absolute Gasteiger partial charge is 0.0238 e. The minimum absolute atomic E-state index is 1.00. The summed E-state index contributed by atoms with van der Waals surface area (Å²) in [4.78, 5) is 0. The van der Waals surface area contributed by atoms with Crippen LogP contribution in [0, 0.1) is 12.8 Å². The Morgan fingerprint density at radius 1 is 1.80 bits per heavy atom. The second-order valence-electron chi connectivity index (χ2n) is 1.20. The molecule has 0 amide bonds. The zero-order valence-corrected chi connectivity index (χ0v) is 3.78. The van der Waals surface area contributed by atoms with E-state index in [1.54, 1.807) is 0 Å². The SMILES string of the molecule is [CH][C](C)CC. The van der Waals surface area contributed by atoms with E-state index in [1.165, 1.54) is 0 Å². The molecule has 3 radical (unpaired) electrons. The first-order valence-electron chi connectivity index (χ1n) is 1.85. The van der Waals surface area contributed by atoms with Crippen LogP contribution in [-0.4, -0.2) is 0 Å². The van der Waals surface area contributed by atoms with Crippen LogP contribution in [0.25, 0.3) is 0 Å². The Morgan fingerprint density at radius 3 is 2.00 bits per heavy atom. The van der Waals surface area contributed by atoms with Gasteiger partial charge in [0.25, 0.3) is 0 Å². The maximum Gasteiger partial charge on any atom is -0.0238 e. The highest BCUT2D eigenvalue weighted by Gasteiger charge is 1.81. The summed E-state index contributed by atoms with van der Waals surface area (Å²) in [7, 11) is 0. The Bertz CT molecular complexity index is 14.0. The zero-order valence-electron chi connectivity index (χ0n) is 3.78. The van der Waals surface area contributed by atoms with Crippen molar-refractivity contribution < 1.29 is 0 Å². The van der Waals surface area contributed by atoms with Crippen LogP contribution in [0.3, 0.4) is 0 Å². The van der Waals surface area contributed by atoms with E-state index in [0.29, 0.717) is 0 Å². The van der Waals surface area contributed by atoms with Gasteiger partial charge in [0.1, 0.15) is 0 Å². The molecule has 0 saturated carbocycles. The van der Waals surface area contributed by atoms with Gasteiger partial charge < -0.3 is 0 Å². The van der Waals surface area contributed by atoms with E-state index in [4.69, 9.17) is 6.92 Å². The lowest BCUT2D eigenvalue weighted by Gasteiger charge is -1.89. The monoisotopic (exact) mass is 69.1 g/mol. The number of rotatable bonds is 1. The van der Waals surface area contributed by atoms with Gasteiger partial charge in [0.15, 0.2) is 0 Å². The topological polar surface area (TPSA) is 0 Å². The fraction of sp³-hybridized carbons (Fsp3) is 0.600. The fourth-order valence-electron chi connectivity index (χ4n) is 0. The molecule has 0 aromatic carbocycles. The van der Waals surface area contributed by atoms with Crippen molar-refractivity contribution in [1.82, 2.24) is 0 Å². The molecule has 0 bridgehead atoms. The molecule has 0 atom stereocenters. The lowest BCUT2D eigenvalue weighted by Crippen LogP contribution is -1.74. The predicted molar refractivity (Wildman–Crippen MR) is 23.5 cm³/mol. The molecule has 0 aliphatic carbocycles. The maximum absolute atomic E-state index is 5.21. The summed E-state index contributed by atoms with van der Waals surface area (Å²) in [5.41, 5.74) is 0. The van der Waals surface area contributed by atoms with Crippen molar-refractivity contribution in [3.63, 3.8) is 0 Å². The molecule has 0 aromatic rings. The van der Waals surface area contributed by atoms with Crippen molar-refractivity contribution in [3.8, 4) is 0 Å². The van der Waals surface area contributed by atoms with Crippen molar-refractivity contribution >= 4 is 0 Å². The van der Waals surface area contributed by atoms with Crippen molar-refractivity contribution in [2.45, 2.75) is 20.3 Å². The van der Waals surface area contributed by atoms with E-state index in [-0.39, 0.29) is 0 Å². The summed E-state index contributed by atoms with van der Waals surface area (Å²) in [6.07, 6.45) is 1.00. The molecule has 5 heavy (non-hydrogen) atoms. The third kappa shape index (κ3) is 4.00. The second-order valence-corrected chi connectivity index (χ2v) is 1.20. The van der Waals surface area contributed by atoms with Crippen LogP contribution >= 0.6 is 0 Å². The molecule has 0 aliphatic rings. The molecule has 0 fully saturated rings. The van der Waals surface area contributed by atoms with Crippen LogP contribution in [0.1, 0.15) is 20.3 Å². The Kier molecular flexibility index (Phi) is 2.25.